The van der Waals surface area contributed by atoms with E-state index in [0.717, 1.165) is 41.7 Å². The number of nitrogens with one attached hydrogen (secondary N) is 2. The van der Waals surface area contributed by atoms with Gasteiger partial charge in [-0.05, 0) is 36.6 Å². The summed E-state index contributed by atoms with van der Waals surface area (Å²) in [5.41, 5.74) is 2.50. The number of H-pyrrole nitrogens is 1. The second-order valence-corrected chi connectivity index (χ2v) is 6.00. The van der Waals surface area contributed by atoms with E-state index in [1.807, 2.05) is 48.3 Å². The molecule has 1 aliphatic heterocycles. The lowest BCUT2D eigenvalue weighted by molar-refractivity contribution is 0.0731. The third-order valence-electron chi connectivity index (χ3n) is 4.61. The zero-order valence-electron chi connectivity index (χ0n) is 13.5. The summed E-state index contributed by atoms with van der Waals surface area (Å²) in [4.78, 5) is 19.3. The number of nitrogens with zero attached hydrogens (tertiary/aromatic N) is 3. The van der Waals surface area contributed by atoms with E-state index in [1.165, 1.54) is 0 Å². The molecule has 24 heavy (non-hydrogen) atoms. The normalized spacial score (nSPS) is 17.4. The predicted octanol–water partition coefficient (Wildman–Crippen LogP) is 2.98. The number of hydrogen-bond acceptors (Lipinski definition) is 4. The minimum Gasteiger partial charge on any atom is -0.373 e. The Hall–Kier alpha value is -2.89. The van der Waals surface area contributed by atoms with E-state index in [9.17, 15) is 4.79 Å². The van der Waals surface area contributed by atoms with Crippen molar-refractivity contribution in [2.45, 2.75) is 18.9 Å². The molecule has 3 aromatic rings. The van der Waals surface area contributed by atoms with E-state index in [0.29, 0.717) is 5.69 Å². The van der Waals surface area contributed by atoms with Gasteiger partial charge in [-0.25, -0.2) is 4.98 Å². The number of para-hydroxylation sites is 1. The van der Waals surface area contributed by atoms with Crippen LogP contribution in [-0.2, 0) is 0 Å². The molecule has 4 rings (SSSR count). The van der Waals surface area contributed by atoms with Crippen LogP contribution in [0.4, 0.5) is 5.82 Å². The van der Waals surface area contributed by atoms with Crippen LogP contribution in [0.15, 0.2) is 42.6 Å². The molecular formula is C18H19N5O. The van der Waals surface area contributed by atoms with E-state index in [-0.39, 0.29) is 11.9 Å². The monoisotopic (exact) mass is 321 g/mol. The van der Waals surface area contributed by atoms with E-state index < -0.39 is 0 Å². The van der Waals surface area contributed by atoms with Crippen LogP contribution in [0.25, 0.3) is 10.9 Å². The molecule has 0 bridgehead atoms. The Morgan fingerprint density at radius 2 is 2.21 bits per heavy atom. The summed E-state index contributed by atoms with van der Waals surface area (Å²) in [6, 6.07) is 11.8. The van der Waals surface area contributed by atoms with E-state index in [1.54, 1.807) is 6.20 Å². The SMILES string of the molecule is CNc1cc([C@H]2CCCN2C(=O)c2n[nH]c3ccccc23)ccn1. The van der Waals surface area contributed by atoms with Gasteiger partial charge in [0.1, 0.15) is 5.82 Å². The van der Waals surface area contributed by atoms with E-state index in [2.05, 4.69) is 20.5 Å². The number of aromatic nitrogens is 3. The Kier molecular flexibility index (Phi) is 3.65. The molecule has 6 nitrogen and oxygen atoms in total. The van der Waals surface area contributed by atoms with Gasteiger partial charge in [0.2, 0.25) is 0 Å². The smallest absolute Gasteiger partial charge is 0.275 e. The maximum atomic E-state index is 13.1. The van der Waals surface area contributed by atoms with Crippen molar-refractivity contribution in [3.05, 3.63) is 53.9 Å². The molecule has 0 unspecified atom stereocenters. The van der Waals surface area contributed by atoms with Crippen LogP contribution in [-0.4, -0.2) is 39.6 Å². The number of aromatic amines is 1. The van der Waals surface area contributed by atoms with Crippen molar-refractivity contribution in [2.24, 2.45) is 0 Å². The first-order chi connectivity index (χ1) is 11.8. The number of anilines is 1. The first-order valence-corrected chi connectivity index (χ1v) is 8.15. The Labute approximate surface area is 139 Å². The van der Waals surface area contributed by atoms with Gasteiger partial charge < -0.3 is 10.2 Å². The Morgan fingerprint density at radius 1 is 1.33 bits per heavy atom. The van der Waals surface area contributed by atoms with Crippen LogP contribution < -0.4 is 5.32 Å². The molecule has 0 radical (unpaired) electrons. The lowest BCUT2D eigenvalue weighted by Gasteiger charge is -2.24. The second kappa shape index (κ2) is 5.96. The summed E-state index contributed by atoms with van der Waals surface area (Å²) >= 11 is 0. The first kappa shape index (κ1) is 14.7. The highest BCUT2D eigenvalue weighted by molar-refractivity contribution is 6.04. The molecule has 122 valence electrons. The summed E-state index contributed by atoms with van der Waals surface area (Å²) < 4.78 is 0. The van der Waals surface area contributed by atoms with Gasteiger partial charge in [0.05, 0.1) is 11.6 Å². The summed E-state index contributed by atoms with van der Waals surface area (Å²) in [6.45, 7) is 0.752. The molecule has 1 aliphatic rings. The molecule has 1 atom stereocenters. The predicted molar refractivity (Wildman–Crippen MR) is 92.9 cm³/mol. The summed E-state index contributed by atoms with van der Waals surface area (Å²) in [7, 11) is 1.85. The minimum atomic E-state index is -0.0160. The lowest BCUT2D eigenvalue weighted by Crippen LogP contribution is -2.31. The summed E-state index contributed by atoms with van der Waals surface area (Å²) in [6.07, 6.45) is 3.74. The van der Waals surface area contributed by atoms with Crippen molar-refractivity contribution in [3.63, 3.8) is 0 Å². The Balaban J connectivity index is 1.68. The Morgan fingerprint density at radius 3 is 3.08 bits per heavy atom. The highest BCUT2D eigenvalue weighted by Crippen LogP contribution is 2.34. The van der Waals surface area contributed by atoms with Crippen LogP contribution in [0.3, 0.4) is 0 Å². The molecule has 0 saturated carbocycles. The molecule has 2 aromatic heterocycles. The van der Waals surface area contributed by atoms with Crippen LogP contribution in [0.5, 0.6) is 0 Å². The van der Waals surface area contributed by atoms with Gasteiger partial charge in [-0.15, -0.1) is 0 Å². The zero-order valence-corrected chi connectivity index (χ0v) is 13.5. The number of carbonyl (C=O) groups is 1. The third-order valence-corrected chi connectivity index (χ3v) is 4.61. The Bertz CT molecular complexity index is 888. The van der Waals surface area contributed by atoms with Gasteiger partial charge in [-0.1, -0.05) is 18.2 Å². The van der Waals surface area contributed by atoms with Gasteiger partial charge in [-0.3, -0.25) is 9.89 Å². The number of carbonyl (C=O) groups excluding carboxylic acids is 1. The fraction of sp³-hybridized carbons (Fsp3) is 0.278. The topological polar surface area (TPSA) is 73.9 Å². The molecule has 1 saturated heterocycles. The van der Waals surface area contributed by atoms with Crippen LogP contribution in [0.2, 0.25) is 0 Å². The van der Waals surface area contributed by atoms with Gasteiger partial charge in [0, 0.05) is 25.2 Å². The lowest BCUT2D eigenvalue weighted by atomic mass is 10.1. The second-order valence-electron chi connectivity index (χ2n) is 6.00. The van der Waals surface area contributed by atoms with Gasteiger partial charge in [-0.2, -0.15) is 5.10 Å². The highest BCUT2D eigenvalue weighted by Gasteiger charge is 2.32. The van der Waals surface area contributed by atoms with E-state index in [4.69, 9.17) is 0 Å². The number of rotatable bonds is 3. The van der Waals surface area contributed by atoms with Crippen molar-refractivity contribution in [1.29, 1.82) is 0 Å². The molecule has 0 spiro atoms. The number of benzene rings is 1. The van der Waals surface area contributed by atoms with Gasteiger partial charge in [0.25, 0.3) is 5.91 Å². The zero-order chi connectivity index (χ0) is 16.5. The quantitative estimate of drug-likeness (QED) is 0.778. The van der Waals surface area contributed by atoms with Gasteiger partial charge in [0.15, 0.2) is 5.69 Å². The fourth-order valence-corrected chi connectivity index (χ4v) is 3.41. The number of hydrogen-bond donors (Lipinski definition) is 2. The van der Waals surface area contributed by atoms with Crippen LogP contribution in [0, 0.1) is 0 Å². The number of amides is 1. The van der Waals surface area contributed by atoms with Gasteiger partial charge >= 0.3 is 0 Å². The molecule has 1 amide bonds. The first-order valence-electron chi connectivity index (χ1n) is 8.15. The van der Waals surface area contributed by atoms with Crippen LogP contribution in [0.1, 0.15) is 34.9 Å². The largest absolute Gasteiger partial charge is 0.373 e. The number of pyridine rings is 1. The van der Waals surface area contributed by atoms with Crippen molar-refractivity contribution in [2.75, 3.05) is 18.9 Å². The molecular weight excluding hydrogens is 302 g/mol. The van der Waals surface area contributed by atoms with Crippen molar-refractivity contribution < 1.29 is 4.79 Å². The van der Waals surface area contributed by atoms with Crippen molar-refractivity contribution in [3.8, 4) is 0 Å². The average Bonchev–Trinajstić information content (AvgIpc) is 3.28. The third kappa shape index (κ3) is 2.40. The molecule has 1 aromatic carbocycles. The number of fused-ring (bicyclic) bond motifs is 1. The van der Waals surface area contributed by atoms with Crippen LogP contribution >= 0.6 is 0 Å². The molecule has 3 heterocycles. The maximum absolute atomic E-state index is 13.1. The standard InChI is InChI=1S/C18H19N5O/c1-19-16-11-12(8-9-20-16)15-7-4-10-23(15)18(24)17-13-5-2-3-6-14(13)21-22-17/h2-3,5-6,8-9,11,15H,4,7,10H2,1H3,(H,19,20)(H,21,22)/t15-/m1/s1. The highest BCUT2D eigenvalue weighted by atomic mass is 16.2. The molecule has 6 heteroatoms. The average molecular weight is 321 g/mol. The van der Waals surface area contributed by atoms with Crippen molar-refractivity contribution in [1.82, 2.24) is 20.1 Å². The van der Waals surface area contributed by atoms with Crippen molar-refractivity contribution >= 4 is 22.6 Å². The summed E-state index contributed by atoms with van der Waals surface area (Å²) in [5, 5.41) is 11.1. The van der Waals surface area contributed by atoms with E-state index >= 15 is 0 Å². The maximum Gasteiger partial charge on any atom is 0.275 e. The fourth-order valence-electron chi connectivity index (χ4n) is 3.41. The molecule has 2 N–H and O–H groups in total. The molecule has 1 fully saturated rings. The summed E-state index contributed by atoms with van der Waals surface area (Å²) in [5.74, 6) is 0.801. The number of likely N-dealkylation sites (tertiary alicyclic amines) is 1. The minimum absolute atomic E-state index is 0.0160. The molecule has 0 aliphatic carbocycles.